The number of rotatable bonds is 3. The van der Waals surface area contributed by atoms with Gasteiger partial charge in [-0.25, -0.2) is 0 Å². The lowest BCUT2D eigenvalue weighted by Crippen LogP contribution is -2.22. The Morgan fingerprint density at radius 2 is 1.93 bits per heavy atom. The third kappa shape index (κ3) is 3.75. The van der Waals surface area contributed by atoms with Crippen molar-refractivity contribution in [3.05, 3.63) is 81.6 Å². The van der Waals surface area contributed by atoms with Crippen molar-refractivity contribution < 1.29 is 9.53 Å². The van der Waals surface area contributed by atoms with Crippen LogP contribution in [0, 0.1) is 13.8 Å². The Bertz CT molecular complexity index is 995. The van der Waals surface area contributed by atoms with E-state index in [-0.39, 0.29) is 12.0 Å². The summed E-state index contributed by atoms with van der Waals surface area (Å²) < 4.78 is 7.78. The van der Waals surface area contributed by atoms with E-state index in [0.29, 0.717) is 23.9 Å². The van der Waals surface area contributed by atoms with Gasteiger partial charge in [0, 0.05) is 10.7 Å². The molecule has 1 N–H and O–H groups in total. The summed E-state index contributed by atoms with van der Waals surface area (Å²) in [7, 11) is 0. The number of fused-ring (bicyclic) bond motifs is 1. The van der Waals surface area contributed by atoms with Crippen molar-refractivity contribution >= 4 is 23.2 Å². The van der Waals surface area contributed by atoms with Crippen LogP contribution in [0.5, 0.6) is 0 Å². The van der Waals surface area contributed by atoms with E-state index in [4.69, 9.17) is 16.3 Å². The second-order valence-corrected chi connectivity index (χ2v) is 7.24. The van der Waals surface area contributed by atoms with Gasteiger partial charge in [0.25, 0.3) is 5.91 Å². The molecule has 1 aromatic heterocycles. The van der Waals surface area contributed by atoms with Crippen molar-refractivity contribution in [2.24, 2.45) is 0 Å². The van der Waals surface area contributed by atoms with Gasteiger partial charge in [-0.15, -0.1) is 0 Å². The van der Waals surface area contributed by atoms with Crippen molar-refractivity contribution in [2.45, 2.75) is 33.1 Å². The minimum Gasteiger partial charge on any atom is -0.365 e. The van der Waals surface area contributed by atoms with Crippen LogP contribution in [0.1, 0.15) is 39.0 Å². The number of amides is 1. The Kier molecular flexibility index (Phi) is 4.72. The summed E-state index contributed by atoms with van der Waals surface area (Å²) in [5, 5.41) is 8.09. The number of aromatic nitrogens is 2. The fourth-order valence-corrected chi connectivity index (χ4v) is 3.26. The molecule has 1 aliphatic heterocycles. The normalized spacial score (nSPS) is 16.0. The zero-order chi connectivity index (χ0) is 19.0. The van der Waals surface area contributed by atoms with E-state index in [1.165, 1.54) is 5.56 Å². The predicted octanol–water partition coefficient (Wildman–Crippen LogP) is 4.68. The monoisotopic (exact) mass is 381 g/mol. The van der Waals surface area contributed by atoms with Gasteiger partial charge < -0.3 is 10.1 Å². The van der Waals surface area contributed by atoms with E-state index in [1.54, 1.807) is 6.07 Å². The van der Waals surface area contributed by atoms with Gasteiger partial charge in [-0.3, -0.25) is 9.48 Å². The molecule has 3 aromatic rings. The maximum atomic E-state index is 12.6. The topological polar surface area (TPSA) is 56.2 Å². The van der Waals surface area contributed by atoms with Gasteiger partial charge >= 0.3 is 0 Å². The van der Waals surface area contributed by atoms with Crippen molar-refractivity contribution in [3.63, 3.8) is 0 Å². The Hall–Kier alpha value is -2.63. The van der Waals surface area contributed by atoms with E-state index in [0.717, 1.165) is 22.5 Å². The van der Waals surface area contributed by atoms with Crippen LogP contribution in [0.4, 0.5) is 5.69 Å². The highest BCUT2D eigenvalue weighted by Crippen LogP contribution is 2.27. The average Bonchev–Trinajstić information content (AvgIpc) is 3.09. The van der Waals surface area contributed by atoms with E-state index < -0.39 is 0 Å². The zero-order valence-electron chi connectivity index (χ0n) is 15.2. The van der Waals surface area contributed by atoms with Crippen LogP contribution < -0.4 is 5.32 Å². The van der Waals surface area contributed by atoms with Crippen LogP contribution in [0.15, 0.2) is 48.5 Å². The molecule has 0 saturated heterocycles. The molecule has 0 fully saturated rings. The van der Waals surface area contributed by atoms with Crippen LogP contribution in [0.3, 0.4) is 0 Å². The highest BCUT2D eigenvalue weighted by Gasteiger charge is 2.24. The van der Waals surface area contributed by atoms with E-state index >= 15 is 0 Å². The maximum absolute atomic E-state index is 12.6. The molecule has 0 aliphatic carbocycles. The number of aryl methyl sites for hydroxylation is 2. The zero-order valence-corrected chi connectivity index (χ0v) is 16.0. The van der Waals surface area contributed by atoms with Gasteiger partial charge in [0.1, 0.15) is 6.10 Å². The number of hydrogen-bond donors (Lipinski definition) is 1. The fourth-order valence-electron chi connectivity index (χ4n) is 3.13. The van der Waals surface area contributed by atoms with Gasteiger partial charge in [0.15, 0.2) is 5.69 Å². The first-order valence-corrected chi connectivity index (χ1v) is 9.20. The summed E-state index contributed by atoms with van der Waals surface area (Å²) in [5.74, 6) is -0.219. The van der Waals surface area contributed by atoms with Crippen LogP contribution in [0.25, 0.3) is 0 Å². The molecule has 0 spiro atoms. The molecule has 5 nitrogen and oxygen atoms in total. The number of hydrogen-bond acceptors (Lipinski definition) is 3. The predicted molar refractivity (Wildman–Crippen MR) is 105 cm³/mol. The summed E-state index contributed by atoms with van der Waals surface area (Å²) in [6, 6.07) is 15.2. The van der Waals surface area contributed by atoms with E-state index in [9.17, 15) is 4.79 Å². The van der Waals surface area contributed by atoms with Crippen molar-refractivity contribution in [1.82, 2.24) is 9.78 Å². The number of ether oxygens (including phenoxy) is 1. The van der Waals surface area contributed by atoms with Crippen LogP contribution >= 0.6 is 11.6 Å². The molecule has 0 saturated carbocycles. The summed E-state index contributed by atoms with van der Waals surface area (Å²) in [6.45, 7) is 5.04. The molecule has 0 radical (unpaired) electrons. The summed E-state index contributed by atoms with van der Waals surface area (Å²) in [5.41, 5.74) is 5.42. The van der Waals surface area contributed by atoms with E-state index in [1.807, 2.05) is 61.0 Å². The smallest absolute Gasteiger partial charge is 0.276 e. The third-order valence-corrected chi connectivity index (χ3v) is 5.13. The van der Waals surface area contributed by atoms with Crippen molar-refractivity contribution in [2.75, 3.05) is 5.32 Å². The number of nitrogens with zero attached hydrogens (tertiary/aromatic N) is 2. The van der Waals surface area contributed by atoms with Crippen LogP contribution in [-0.4, -0.2) is 15.7 Å². The molecule has 0 bridgehead atoms. The first-order valence-electron chi connectivity index (χ1n) is 8.82. The molecule has 2 aromatic carbocycles. The molecular formula is C21H20ClN3O2. The molecule has 6 heteroatoms. The Balaban J connectivity index is 1.50. The number of anilines is 1. The van der Waals surface area contributed by atoms with Crippen molar-refractivity contribution in [1.29, 1.82) is 0 Å². The SMILES string of the molecule is Cc1ccc(NC(=O)c2cc3n(n2)C[C@@H](c2ccc(Cl)cc2)OC3)cc1C. The van der Waals surface area contributed by atoms with Gasteiger partial charge in [0.2, 0.25) is 0 Å². The van der Waals surface area contributed by atoms with Gasteiger partial charge in [-0.05, 0) is 60.9 Å². The number of carbonyl (C=O) groups is 1. The summed E-state index contributed by atoms with van der Waals surface area (Å²) in [6.07, 6.45) is -0.106. The Morgan fingerprint density at radius 1 is 1.15 bits per heavy atom. The molecule has 138 valence electrons. The highest BCUT2D eigenvalue weighted by molar-refractivity contribution is 6.30. The number of carbonyl (C=O) groups excluding carboxylic acids is 1. The van der Waals surface area contributed by atoms with Gasteiger partial charge in [-0.1, -0.05) is 29.8 Å². The first-order chi connectivity index (χ1) is 13.0. The second-order valence-electron chi connectivity index (χ2n) is 6.81. The summed E-state index contributed by atoms with van der Waals surface area (Å²) >= 11 is 5.95. The standard InChI is InChI=1S/C21H20ClN3O2/c1-13-3-8-17(9-14(13)2)23-21(26)19-10-18-12-27-20(11-25(18)24-19)15-4-6-16(22)7-5-15/h3-10,20H,11-12H2,1-2H3,(H,23,26)/t20-/m0/s1. The molecule has 27 heavy (non-hydrogen) atoms. The van der Waals surface area contributed by atoms with Gasteiger partial charge in [-0.2, -0.15) is 5.10 Å². The molecule has 4 rings (SSSR count). The lowest BCUT2D eigenvalue weighted by Gasteiger charge is -2.24. The molecular weight excluding hydrogens is 362 g/mol. The lowest BCUT2D eigenvalue weighted by molar-refractivity contribution is -0.00118. The van der Waals surface area contributed by atoms with E-state index in [2.05, 4.69) is 10.4 Å². The number of benzene rings is 2. The largest absolute Gasteiger partial charge is 0.365 e. The third-order valence-electron chi connectivity index (χ3n) is 4.87. The summed E-state index contributed by atoms with van der Waals surface area (Å²) in [4.78, 5) is 12.6. The molecule has 0 unspecified atom stereocenters. The highest BCUT2D eigenvalue weighted by atomic mass is 35.5. The Morgan fingerprint density at radius 3 is 2.67 bits per heavy atom. The molecule has 1 amide bonds. The molecule has 1 aliphatic rings. The Labute approximate surface area is 162 Å². The minimum absolute atomic E-state index is 0.106. The first kappa shape index (κ1) is 17.8. The van der Waals surface area contributed by atoms with Crippen LogP contribution in [0.2, 0.25) is 5.02 Å². The fraction of sp³-hybridized carbons (Fsp3) is 0.238. The van der Waals surface area contributed by atoms with Crippen molar-refractivity contribution in [3.8, 4) is 0 Å². The average molecular weight is 382 g/mol. The number of halogens is 1. The number of nitrogens with one attached hydrogen (secondary N) is 1. The quantitative estimate of drug-likeness (QED) is 0.716. The minimum atomic E-state index is -0.219. The second kappa shape index (κ2) is 7.18. The van der Waals surface area contributed by atoms with Gasteiger partial charge in [0.05, 0.1) is 18.8 Å². The molecule has 2 heterocycles. The molecule has 1 atom stereocenters. The lowest BCUT2D eigenvalue weighted by atomic mass is 10.1. The van der Waals surface area contributed by atoms with Crippen LogP contribution in [-0.2, 0) is 17.9 Å². The maximum Gasteiger partial charge on any atom is 0.276 e.